The van der Waals surface area contributed by atoms with Gasteiger partial charge in [-0.15, -0.1) is 0 Å². The van der Waals surface area contributed by atoms with E-state index in [1.165, 1.54) is 22.3 Å². The van der Waals surface area contributed by atoms with Gasteiger partial charge in [0.15, 0.2) is 0 Å². The van der Waals surface area contributed by atoms with E-state index in [2.05, 4.69) is 70.0 Å². The molecule has 0 N–H and O–H groups in total. The molecular formula is C15H13Br2Cl. The van der Waals surface area contributed by atoms with E-state index < -0.39 is 0 Å². The molecule has 0 aliphatic heterocycles. The molecule has 0 fully saturated rings. The highest BCUT2D eigenvalue weighted by Gasteiger charge is 2.14. The van der Waals surface area contributed by atoms with Crippen LogP contribution in [0, 0.1) is 13.8 Å². The van der Waals surface area contributed by atoms with Crippen LogP contribution in [0.15, 0.2) is 40.9 Å². The van der Waals surface area contributed by atoms with Gasteiger partial charge in [0.1, 0.15) is 0 Å². The molecule has 2 rings (SSSR count). The summed E-state index contributed by atoms with van der Waals surface area (Å²) in [4.78, 5) is 0.186. The molecule has 0 aromatic heterocycles. The molecule has 3 heteroatoms. The molecule has 0 heterocycles. The summed E-state index contributed by atoms with van der Waals surface area (Å²) in [6, 6.07) is 12.5. The Kier molecular flexibility index (Phi) is 4.52. The molecule has 94 valence electrons. The van der Waals surface area contributed by atoms with Crippen LogP contribution in [0.4, 0.5) is 0 Å². The minimum absolute atomic E-state index is 0.186. The summed E-state index contributed by atoms with van der Waals surface area (Å²) in [6.45, 7) is 4.24. The van der Waals surface area contributed by atoms with Crippen molar-refractivity contribution in [3.05, 3.63) is 68.1 Å². The Bertz CT molecular complexity index is 579. The third kappa shape index (κ3) is 2.98. The lowest BCUT2D eigenvalue weighted by atomic mass is 9.98. The van der Waals surface area contributed by atoms with Crippen LogP contribution in [0.3, 0.4) is 0 Å². The third-order valence-corrected chi connectivity index (χ3v) is 5.18. The Balaban J connectivity index is 2.44. The minimum atomic E-state index is 0.186. The summed E-state index contributed by atoms with van der Waals surface area (Å²) in [7, 11) is 0. The van der Waals surface area contributed by atoms with E-state index in [4.69, 9.17) is 11.6 Å². The highest BCUT2D eigenvalue weighted by Crippen LogP contribution is 2.36. The van der Waals surface area contributed by atoms with E-state index in [1.807, 2.05) is 12.1 Å². The van der Waals surface area contributed by atoms with Crippen molar-refractivity contribution in [3.8, 4) is 0 Å². The fourth-order valence-electron chi connectivity index (χ4n) is 1.88. The fraction of sp³-hybridized carbons (Fsp3) is 0.200. The zero-order valence-electron chi connectivity index (χ0n) is 10.2. The Morgan fingerprint density at radius 2 is 1.78 bits per heavy atom. The van der Waals surface area contributed by atoms with Gasteiger partial charge in [-0.25, -0.2) is 0 Å². The lowest BCUT2D eigenvalue weighted by Crippen LogP contribution is -1.96. The van der Waals surface area contributed by atoms with Crippen LogP contribution in [0.2, 0.25) is 5.02 Å². The molecule has 0 amide bonds. The number of benzene rings is 2. The van der Waals surface area contributed by atoms with Crippen LogP contribution in [0.5, 0.6) is 0 Å². The van der Waals surface area contributed by atoms with Gasteiger partial charge in [-0.3, -0.25) is 0 Å². The highest BCUT2D eigenvalue weighted by atomic mass is 79.9. The Morgan fingerprint density at radius 3 is 2.44 bits per heavy atom. The number of alkyl halides is 1. The van der Waals surface area contributed by atoms with Crippen molar-refractivity contribution in [3.63, 3.8) is 0 Å². The predicted molar refractivity (Wildman–Crippen MR) is 85.8 cm³/mol. The monoisotopic (exact) mass is 386 g/mol. The Morgan fingerprint density at radius 1 is 1.06 bits per heavy atom. The topological polar surface area (TPSA) is 0 Å². The van der Waals surface area contributed by atoms with Crippen LogP contribution in [-0.2, 0) is 0 Å². The van der Waals surface area contributed by atoms with Crippen LogP contribution < -0.4 is 0 Å². The quantitative estimate of drug-likeness (QED) is 0.537. The average Bonchev–Trinajstić information content (AvgIpc) is 2.35. The van der Waals surface area contributed by atoms with Crippen LogP contribution in [0.25, 0.3) is 0 Å². The summed E-state index contributed by atoms with van der Waals surface area (Å²) in [6.07, 6.45) is 0. The molecule has 0 saturated carbocycles. The molecule has 0 aliphatic carbocycles. The molecular weight excluding hydrogens is 375 g/mol. The minimum Gasteiger partial charge on any atom is -0.0831 e. The van der Waals surface area contributed by atoms with Crippen LogP contribution >= 0.6 is 43.5 Å². The number of halogens is 3. The normalized spacial score (nSPS) is 12.5. The van der Waals surface area contributed by atoms with Crippen molar-refractivity contribution in [2.24, 2.45) is 0 Å². The zero-order valence-corrected chi connectivity index (χ0v) is 14.1. The summed E-state index contributed by atoms with van der Waals surface area (Å²) >= 11 is 13.3. The summed E-state index contributed by atoms with van der Waals surface area (Å²) in [5, 5.41) is 0.736. The van der Waals surface area contributed by atoms with Crippen molar-refractivity contribution in [1.29, 1.82) is 0 Å². The Labute approximate surface area is 130 Å². The summed E-state index contributed by atoms with van der Waals surface area (Å²) < 4.78 is 0.927. The average molecular weight is 389 g/mol. The van der Waals surface area contributed by atoms with Gasteiger partial charge in [0.25, 0.3) is 0 Å². The summed E-state index contributed by atoms with van der Waals surface area (Å²) in [5.74, 6) is 0. The predicted octanol–water partition coefficient (Wildman–Crippen LogP) is 6.20. The first-order chi connectivity index (χ1) is 8.49. The SMILES string of the molecule is Cc1ccc(C)c(C(Br)c2ccc(Cl)c(Br)c2)c1. The van der Waals surface area contributed by atoms with Gasteiger partial charge in [0, 0.05) is 4.47 Å². The first-order valence-electron chi connectivity index (χ1n) is 5.65. The van der Waals surface area contributed by atoms with Gasteiger partial charge in [0.2, 0.25) is 0 Å². The molecule has 0 saturated heterocycles. The van der Waals surface area contributed by atoms with Crippen molar-refractivity contribution in [2.75, 3.05) is 0 Å². The lowest BCUT2D eigenvalue weighted by Gasteiger charge is -2.15. The van der Waals surface area contributed by atoms with Gasteiger partial charge in [-0.2, -0.15) is 0 Å². The van der Waals surface area contributed by atoms with Crippen molar-refractivity contribution >= 4 is 43.5 Å². The smallest absolute Gasteiger partial charge is 0.0647 e. The maximum atomic E-state index is 6.03. The van der Waals surface area contributed by atoms with Crippen molar-refractivity contribution in [2.45, 2.75) is 18.7 Å². The molecule has 0 radical (unpaired) electrons. The van der Waals surface area contributed by atoms with Gasteiger partial charge in [-0.1, -0.05) is 57.4 Å². The fourth-order valence-corrected chi connectivity index (χ4v) is 3.17. The highest BCUT2D eigenvalue weighted by molar-refractivity contribution is 9.10. The molecule has 0 spiro atoms. The molecule has 2 aromatic rings. The largest absolute Gasteiger partial charge is 0.0831 e. The van der Waals surface area contributed by atoms with E-state index in [-0.39, 0.29) is 4.83 Å². The lowest BCUT2D eigenvalue weighted by molar-refractivity contribution is 1.13. The van der Waals surface area contributed by atoms with Crippen molar-refractivity contribution < 1.29 is 0 Å². The second kappa shape index (κ2) is 5.77. The molecule has 2 aromatic carbocycles. The third-order valence-electron chi connectivity index (χ3n) is 2.94. The molecule has 1 atom stereocenters. The molecule has 1 unspecified atom stereocenters. The zero-order chi connectivity index (χ0) is 13.3. The van der Waals surface area contributed by atoms with Crippen LogP contribution in [0.1, 0.15) is 27.1 Å². The number of aryl methyl sites for hydroxylation is 2. The maximum absolute atomic E-state index is 6.03. The second-order valence-corrected chi connectivity index (χ2v) is 6.57. The van der Waals surface area contributed by atoms with E-state index in [0.717, 1.165) is 9.50 Å². The second-order valence-electron chi connectivity index (χ2n) is 4.40. The molecule has 0 bridgehead atoms. The Hall–Kier alpha value is -0.310. The van der Waals surface area contributed by atoms with Gasteiger partial charge in [-0.05, 0) is 58.6 Å². The first-order valence-corrected chi connectivity index (χ1v) is 7.74. The maximum Gasteiger partial charge on any atom is 0.0647 e. The molecule has 0 aliphatic rings. The molecule has 0 nitrogen and oxygen atoms in total. The van der Waals surface area contributed by atoms with Crippen LogP contribution in [-0.4, -0.2) is 0 Å². The number of rotatable bonds is 2. The van der Waals surface area contributed by atoms with Gasteiger partial charge in [0.05, 0.1) is 9.85 Å². The van der Waals surface area contributed by atoms with E-state index >= 15 is 0 Å². The van der Waals surface area contributed by atoms with Crippen molar-refractivity contribution in [1.82, 2.24) is 0 Å². The molecule has 18 heavy (non-hydrogen) atoms. The van der Waals surface area contributed by atoms with Gasteiger partial charge < -0.3 is 0 Å². The van der Waals surface area contributed by atoms with E-state index in [0.29, 0.717) is 0 Å². The van der Waals surface area contributed by atoms with E-state index in [1.54, 1.807) is 0 Å². The van der Waals surface area contributed by atoms with E-state index in [9.17, 15) is 0 Å². The summed E-state index contributed by atoms with van der Waals surface area (Å²) in [5.41, 5.74) is 5.05. The van der Waals surface area contributed by atoms with Gasteiger partial charge >= 0.3 is 0 Å². The standard InChI is InChI=1S/C15H13Br2Cl/c1-9-3-4-10(2)12(7-9)15(17)11-5-6-14(18)13(16)8-11/h3-8,15H,1-2H3. The number of hydrogen-bond acceptors (Lipinski definition) is 0. The number of hydrogen-bond donors (Lipinski definition) is 0. The first kappa shape index (κ1) is 14.1.